The second-order valence-corrected chi connectivity index (χ2v) is 5.83. The molecule has 2 N–H and O–H groups in total. The van der Waals surface area contributed by atoms with Crippen molar-refractivity contribution in [3.63, 3.8) is 0 Å². The summed E-state index contributed by atoms with van der Waals surface area (Å²) in [6.07, 6.45) is 0. The van der Waals surface area contributed by atoms with Crippen LogP contribution in [0.1, 0.15) is 17.3 Å². The molecular formula is C19H19ClN2O5. The molecule has 7 nitrogen and oxygen atoms in total. The summed E-state index contributed by atoms with van der Waals surface area (Å²) in [5, 5.41) is 5.79. The van der Waals surface area contributed by atoms with E-state index in [1.54, 1.807) is 42.5 Å². The van der Waals surface area contributed by atoms with Crippen molar-refractivity contribution in [3.8, 4) is 5.75 Å². The number of rotatable bonds is 8. The number of hydrogen-bond donors (Lipinski definition) is 2. The smallest absolute Gasteiger partial charge is 0.344 e. The first kappa shape index (κ1) is 20.3. The monoisotopic (exact) mass is 390 g/mol. The zero-order chi connectivity index (χ0) is 19.6. The highest BCUT2D eigenvalue weighted by molar-refractivity contribution is 6.30. The topological polar surface area (TPSA) is 93.7 Å². The number of amides is 2. The Morgan fingerprint density at radius 2 is 1.78 bits per heavy atom. The molecule has 0 unspecified atom stereocenters. The van der Waals surface area contributed by atoms with Gasteiger partial charge in [0.2, 0.25) is 0 Å². The van der Waals surface area contributed by atoms with E-state index in [4.69, 9.17) is 21.1 Å². The van der Waals surface area contributed by atoms with Gasteiger partial charge in [-0.2, -0.15) is 0 Å². The number of halogens is 1. The fraction of sp³-hybridized carbons (Fsp3) is 0.211. The fourth-order valence-corrected chi connectivity index (χ4v) is 2.18. The number of nitrogens with one attached hydrogen (secondary N) is 2. The van der Waals surface area contributed by atoms with Gasteiger partial charge in [-0.1, -0.05) is 17.7 Å². The van der Waals surface area contributed by atoms with Crippen LogP contribution in [0.25, 0.3) is 0 Å². The van der Waals surface area contributed by atoms with Gasteiger partial charge < -0.3 is 20.1 Å². The first-order chi connectivity index (χ1) is 13.0. The van der Waals surface area contributed by atoms with E-state index in [2.05, 4.69) is 10.6 Å². The molecule has 2 amide bonds. The van der Waals surface area contributed by atoms with Crippen LogP contribution in [0.5, 0.6) is 5.75 Å². The lowest BCUT2D eigenvalue weighted by atomic mass is 10.2. The Morgan fingerprint density at radius 1 is 1.04 bits per heavy atom. The van der Waals surface area contributed by atoms with Gasteiger partial charge in [-0.05, 0) is 49.4 Å². The molecule has 0 fully saturated rings. The molecule has 0 aliphatic rings. The van der Waals surface area contributed by atoms with Gasteiger partial charge in [0.05, 0.1) is 0 Å². The number of ether oxygens (including phenoxy) is 2. The summed E-state index contributed by atoms with van der Waals surface area (Å²) in [6.45, 7) is 1.52. The second kappa shape index (κ2) is 10.2. The normalized spacial score (nSPS) is 10.0. The van der Waals surface area contributed by atoms with Crippen molar-refractivity contribution >= 4 is 35.1 Å². The molecule has 2 aromatic carbocycles. The Kier molecular flexibility index (Phi) is 7.63. The van der Waals surface area contributed by atoms with E-state index >= 15 is 0 Å². The molecule has 0 atom stereocenters. The van der Waals surface area contributed by atoms with Crippen LogP contribution in [0.15, 0.2) is 48.5 Å². The maximum Gasteiger partial charge on any atom is 0.344 e. The lowest BCUT2D eigenvalue weighted by Crippen LogP contribution is -2.24. The van der Waals surface area contributed by atoms with E-state index in [0.29, 0.717) is 28.6 Å². The molecule has 142 valence electrons. The second-order valence-electron chi connectivity index (χ2n) is 5.39. The van der Waals surface area contributed by atoms with Gasteiger partial charge in [0.15, 0.2) is 13.2 Å². The van der Waals surface area contributed by atoms with Crippen LogP contribution in [-0.4, -0.2) is 37.5 Å². The number of carbonyl (C=O) groups excluding carboxylic acids is 3. The minimum atomic E-state index is -0.684. The Labute approximate surface area is 161 Å². The predicted molar refractivity (Wildman–Crippen MR) is 101 cm³/mol. The molecule has 27 heavy (non-hydrogen) atoms. The van der Waals surface area contributed by atoms with Crippen LogP contribution >= 0.6 is 11.6 Å². The van der Waals surface area contributed by atoms with E-state index < -0.39 is 18.5 Å². The van der Waals surface area contributed by atoms with Crippen LogP contribution in [0, 0.1) is 0 Å². The summed E-state index contributed by atoms with van der Waals surface area (Å²) < 4.78 is 10.1. The lowest BCUT2D eigenvalue weighted by molar-refractivity contribution is -0.149. The molecule has 8 heteroatoms. The first-order valence-electron chi connectivity index (χ1n) is 8.20. The summed E-state index contributed by atoms with van der Waals surface area (Å²) in [5.41, 5.74) is 0.847. The van der Waals surface area contributed by atoms with Crippen molar-refractivity contribution in [1.29, 1.82) is 0 Å². The highest BCUT2D eigenvalue weighted by Gasteiger charge is 2.10. The number of esters is 1. The molecule has 0 aliphatic carbocycles. The van der Waals surface area contributed by atoms with Crippen LogP contribution in [0.2, 0.25) is 5.02 Å². The molecule has 0 saturated heterocycles. The van der Waals surface area contributed by atoms with Crippen molar-refractivity contribution in [2.75, 3.05) is 25.1 Å². The number of anilines is 1. The zero-order valence-electron chi connectivity index (χ0n) is 14.7. The highest BCUT2D eigenvalue weighted by Crippen LogP contribution is 2.15. The Bertz CT molecular complexity index is 808. The molecule has 0 bridgehead atoms. The standard InChI is InChI=1S/C19H19ClN2O5/c1-2-21-19(25)13-4-3-5-15(10-13)22-17(23)11-27-18(24)12-26-16-8-6-14(20)7-9-16/h3-10H,2,11-12H2,1H3,(H,21,25)(H,22,23). The van der Waals surface area contributed by atoms with Crippen LogP contribution in [0.4, 0.5) is 5.69 Å². The quantitative estimate of drug-likeness (QED) is 0.676. The van der Waals surface area contributed by atoms with Crippen LogP contribution < -0.4 is 15.4 Å². The van der Waals surface area contributed by atoms with Gasteiger partial charge >= 0.3 is 5.97 Å². The minimum Gasteiger partial charge on any atom is -0.482 e. The van der Waals surface area contributed by atoms with Gasteiger partial charge in [-0.15, -0.1) is 0 Å². The SMILES string of the molecule is CCNC(=O)c1cccc(NC(=O)COC(=O)COc2ccc(Cl)cc2)c1. The predicted octanol–water partition coefficient (Wildman–Crippen LogP) is 2.65. The van der Waals surface area contributed by atoms with Crippen molar-refractivity contribution in [1.82, 2.24) is 5.32 Å². The van der Waals surface area contributed by atoms with Crippen molar-refractivity contribution in [2.45, 2.75) is 6.92 Å². The van der Waals surface area contributed by atoms with Gasteiger partial charge in [0, 0.05) is 22.8 Å². The molecule has 0 aliphatic heterocycles. The summed E-state index contributed by atoms with van der Waals surface area (Å²) in [4.78, 5) is 35.3. The first-order valence-corrected chi connectivity index (χ1v) is 8.58. The molecule has 0 spiro atoms. The molecule has 2 aromatic rings. The van der Waals surface area contributed by atoms with E-state index in [1.165, 1.54) is 6.07 Å². The Hall–Kier alpha value is -3.06. The van der Waals surface area contributed by atoms with E-state index in [0.717, 1.165) is 0 Å². The van der Waals surface area contributed by atoms with E-state index in [9.17, 15) is 14.4 Å². The van der Waals surface area contributed by atoms with Gasteiger partial charge in [-0.25, -0.2) is 4.79 Å². The molecule has 2 rings (SSSR count). The molecular weight excluding hydrogens is 372 g/mol. The largest absolute Gasteiger partial charge is 0.482 e. The molecule has 0 heterocycles. The third-order valence-electron chi connectivity index (χ3n) is 3.28. The number of carbonyl (C=O) groups is 3. The van der Waals surface area contributed by atoms with Crippen LogP contribution in [-0.2, 0) is 14.3 Å². The maximum atomic E-state index is 11.9. The number of benzene rings is 2. The van der Waals surface area contributed by atoms with Crippen molar-refractivity contribution < 1.29 is 23.9 Å². The minimum absolute atomic E-state index is 0.237. The summed E-state index contributed by atoms with van der Waals surface area (Å²) in [7, 11) is 0. The maximum absolute atomic E-state index is 11.9. The van der Waals surface area contributed by atoms with Crippen LogP contribution in [0.3, 0.4) is 0 Å². The average Bonchev–Trinajstić information content (AvgIpc) is 2.66. The Morgan fingerprint density at radius 3 is 2.48 bits per heavy atom. The van der Waals surface area contributed by atoms with E-state index in [1.807, 2.05) is 6.92 Å². The van der Waals surface area contributed by atoms with Gasteiger partial charge in [-0.3, -0.25) is 9.59 Å². The third-order valence-corrected chi connectivity index (χ3v) is 3.53. The molecule has 0 radical (unpaired) electrons. The average molecular weight is 391 g/mol. The number of hydrogen-bond acceptors (Lipinski definition) is 5. The lowest BCUT2D eigenvalue weighted by Gasteiger charge is -2.09. The third kappa shape index (κ3) is 6.99. The van der Waals surface area contributed by atoms with Crippen molar-refractivity contribution in [2.24, 2.45) is 0 Å². The van der Waals surface area contributed by atoms with Crippen molar-refractivity contribution in [3.05, 3.63) is 59.1 Å². The zero-order valence-corrected chi connectivity index (χ0v) is 15.4. The van der Waals surface area contributed by atoms with Gasteiger partial charge in [0.25, 0.3) is 11.8 Å². The Balaban J connectivity index is 1.77. The fourth-order valence-electron chi connectivity index (χ4n) is 2.06. The molecule has 0 aromatic heterocycles. The van der Waals surface area contributed by atoms with Gasteiger partial charge in [0.1, 0.15) is 5.75 Å². The summed E-state index contributed by atoms with van der Waals surface area (Å²) in [5.74, 6) is -0.985. The molecule has 0 saturated carbocycles. The summed E-state index contributed by atoms with van der Waals surface area (Å²) in [6, 6.07) is 12.9. The highest BCUT2D eigenvalue weighted by atomic mass is 35.5. The summed E-state index contributed by atoms with van der Waals surface area (Å²) >= 11 is 5.75. The van der Waals surface area contributed by atoms with E-state index in [-0.39, 0.29) is 12.5 Å².